The number of hydrogen-bond acceptors (Lipinski definition) is 2. The molecule has 2 aromatic rings. The topological polar surface area (TPSA) is 24.1 Å². The molecule has 0 spiro atoms. The van der Waals surface area contributed by atoms with Crippen molar-refractivity contribution in [3.8, 4) is 0 Å². The number of aryl methyl sites for hydroxylation is 1. The van der Waals surface area contributed by atoms with E-state index >= 15 is 0 Å². The van der Waals surface area contributed by atoms with Gasteiger partial charge in [0.1, 0.15) is 0 Å². The van der Waals surface area contributed by atoms with E-state index in [4.69, 9.17) is 23.8 Å². The van der Waals surface area contributed by atoms with E-state index in [9.17, 15) is 0 Å². The molecule has 0 saturated heterocycles. The molecule has 104 valence electrons. The summed E-state index contributed by atoms with van der Waals surface area (Å²) in [4.78, 5) is 1.28. The van der Waals surface area contributed by atoms with Gasteiger partial charge in [-0.2, -0.15) is 0 Å². The van der Waals surface area contributed by atoms with Gasteiger partial charge in [0.05, 0.1) is 12.6 Å². The maximum atomic E-state index is 6.03. The quantitative estimate of drug-likeness (QED) is 0.834. The van der Waals surface area contributed by atoms with E-state index in [-0.39, 0.29) is 0 Å². The number of benzene rings is 1. The first-order valence-electron chi connectivity index (χ1n) is 6.57. The van der Waals surface area contributed by atoms with Crippen molar-refractivity contribution in [2.75, 3.05) is 0 Å². The van der Waals surface area contributed by atoms with Crippen LogP contribution in [0.25, 0.3) is 0 Å². The van der Waals surface area contributed by atoms with Gasteiger partial charge in [-0.05, 0) is 59.8 Å². The van der Waals surface area contributed by atoms with Gasteiger partial charge in [0.2, 0.25) is 0 Å². The summed E-state index contributed by atoms with van der Waals surface area (Å²) in [6.07, 6.45) is 2.12. The van der Waals surface area contributed by atoms with Crippen molar-refractivity contribution in [1.82, 2.24) is 10.6 Å². The lowest BCUT2D eigenvalue weighted by atomic mass is 10.1. The molecule has 0 unspecified atom stereocenters. The molecule has 0 radical (unpaired) electrons. The van der Waals surface area contributed by atoms with Crippen LogP contribution in [-0.4, -0.2) is 5.11 Å². The van der Waals surface area contributed by atoms with Crippen LogP contribution in [0.15, 0.2) is 35.7 Å². The van der Waals surface area contributed by atoms with E-state index < -0.39 is 0 Å². The molecule has 1 aliphatic carbocycles. The molecule has 3 rings (SSSR count). The minimum absolute atomic E-state index is 0.297. The van der Waals surface area contributed by atoms with Gasteiger partial charge >= 0.3 is 0 Å². The maximum absolute atomic E-state index is 6.03. The zero-order valence-electron chi connectivity index (χ0n) is 10.9. The predicted octanol–water partition coefficient (Wildman–Crippen LogP) is 4.05. The van der Waals surface area contributed by atoms with Crippen LogP contribution in [0.2, 0.25) is 5.02 Å². The molecule has 0 fully saturated rings. The lowest BCUT2D eigenvalue weighted by Gasteiger charge is -2.17. The van der Waals surface area contributed by atoms with Gasteiger partial charge < -0.3 is 10.6 Å². The molecule has 0 amide bonds. The third-order valence-corrected chi connectivity index (χ3v) is 4.87. The van der Waals surface area contributed by atoms with Crippen molar-refractivity contribution in [2.24, 2.45) is 0 Å². The van der Waals surface area contributed by atoms with E-state index in [0.717, 1.165) is 24.4 Å². The Bertz CT molecular complexity index is 610. The standard InChI is InChI=1S/C15H15ClN2S2/c16-11-4-5-13-10(8-11)3-6-14(13)18-15(19)17-9-12-2-1-7-20-12/h1-2,4-5,7-8,14H,3,6,9H2,(H2,17,18,19)/t14-/m0/s1. The Morgan fingerprint density at radius 3 is 3.10 bits per heavy atom. The minimum Gasteiger partial charge on any atom is -0.358 e. The fourth-order valence-electron chi connectivity index (χ4n) is 2.53. The number of rotatable bonds is 3. The molecular weight excluding hydrogens is 308 g/mol. The summed E-state index contributed by atoms with van der Waals surface area (Å²) in [5.74, 6) is 0. The van der Waals surface area contributed by atoms with Crippen LogP contribution in [0.1, 0.15) is 28.5 Å². The smallest absolute Gasteiger partial charge is 0.167 e. The molecule has 1 aromatic heterocycles. The Morgan fingerprint density at radius 2 is 2.30 bits per heavy atom. The highest BCUT2D eigenvalue weighted by Gasteiger charge is 2.22. The molecule has 0 saturated carbocycles. The summed E-state index contributed by atoms with van der Waals surface area (Å²) in [5.41, 5.74) is 2.64. The largest absolute Gasteiger partial charge is 0.358 e. The lowest BCUT2D eigenvalue weighted by Crippen LogP contribution is -2.36. The molecule has 0 bridgehead atoms. The highest BCUT2D eigenvalue weighted by Crippen LogP contribution is 2.32. The van der Waals surface area contributed by atoms with Crippen molar-refractivity contribution in [1.29, 1.82) is 0 Å². The van der Waals surface area contributed by atoms with E-state index in [1.54, 1.807) is 11.3 Å². The SMILES string of the molecule is S=C(NCc1cccs1)N[C@H]1CCc2cc(Cl)ccc21. The molecular formula is C15H15ClN2S2. The predicted molar refractivity (Wildman–Crippen MR) is 89.4 cm³/mol. The summed E-state index contributed by atoms with van der Waals surface area (Å²) in [6.45, 7) is 0.781. The number of fused-ring (bicyclic) bond motifs is 1. The highest BCUT2D eigenvalue weighted by molar-refractivity contribution is 7.80. The van der Waals surface area contributed by atoms with Gasteiger partial charge in [-0.1, -0.05) is 23.7 Å². The maximum Gasteiger partial charge on any atom is 0.167 e. The molecule has 0 aliphatic heterocycles. The molecule has 5 heteroatoms. The summed E-state index contributed by atoms with van der Waals surface area (Å²) in [7, 11) is 0. The second kappa shape index (κ2) is 6.12. The van der Waals surface area contributed by atoms with Gasteiger partial charge in [-0.25, -0.2) is 0 Å². The van der Waals surface area contributed by atoms with Gasteiger partial charge in [0.15, 0.2) is 5.11 Å². The third kappa shape index (κ3) is 3.14. The van der Waals surface area contributed by atoms with Crippen LogP contribution in [0, 0.1) is 0 Å². The van der Waals surface area contributed by atoms with Crippen LogP contribution in [0.3, 0.4) is 0 Å². The number of thiocarbonyl (C=S) groups is 1. The van der Waals surface area contributed by atoms with Crippen molar-refractivity contribution >= 4 is 40.3 Å². The van der Waals surface area contributed by atoms with Gasteiger partial charge in [0.25, 0.3) is 0 Å². The zero-order chi connectivity index (χ0) is 13.9. The first-order chi connectivity index (χ1) is 9.72. The number of thiophene rings is 1. The summed E-state index contributed by atoms with van der Waals surface area (Å²) in [6, 6.07) is 10.6. The molecule has 2 N–H and O–H groups in total. The van der Waals surface area contributed by atoms with E-state index in [1.165, 1.54) is 16.0 Å². The van der Waals surface area contributed by atoms with Crippen molar-refractivity contribution in [2.45, 2.75) is 25.4 Å². The Kier molecular flexibility index (Phi) is 4.24. The van der Waals surface area contributed by atoms with E-state index in [2.05, 4.69) is 40.3 Å². The molecule has 20 heavy (non-hydrogen) atoms. The van der Waals surface area contributed by atoms with Crippen molar-refractivity contribution in [3.05, 3.63) is 56.7 Å². The Labute approximate surface area is 133 Å². The Hall–Kier alpha value is -1.10. The monoisotopic (exact) mass is 322 g/mol. The van der Waals surface area contributed by atoms with E-state index in [0.29, 0.717) is 11.2 Å². The number of nitrogens with one attached hydrogen (secondary N) is 2. The first kappa shape index (κ1) is 13.9. The normalized spacial score (nSPS) is 16.8. The molecule has 1 heterocycles. The minimum atomic E-state index is 0.297. The molecule has 1 atom stereocenters. The van der Waals surface area contributed by atoms with Crippen LogP contribution < -0.4 is 10.6 Å². The molecule has 2 nitrogen and oxygen atoms in total. The lowest BCUT2D eigenvalue weighted by molar-refractivity contribution is 0.630. The van der Waals surface area contributed by atoms with Crippen LogP contribution in [-0.2, 0) is 13.0 Å². The van der Waals surface area contributed by atoms with Gasteiger partial charge in [-0.15, -0.1) is 11.3 Å². The number of hydrogen-bond donors (Lipinski definition) is 2. The van der Waals surface area contributed by atoms with Crippen molar-refractivity contribution < 1.29 is 0 Å². The summed E-state index contributed by atoms with van der Waals surface area (Å²) >= 11 is 13.1. The fourth-order valence-corrected chi connectivity index (χ4v) is 3.58. The molecule has 1 aliphatic rings. The van der Waals surface area contributed by atoms with Gasteiger partial charge in [0, 0.05) is 9.90 Å². The van der Waals surface area contributed by atoms with Gasteiger partial charge in [-0.3, -0.25) is 0 Å². The zero-order valence-corrected chi connectivity index (χ0v) is 13.2. The van der Waals surface area contributed by atoms with Crippen LogP contribution >= 0.6 is 35.2 Å². The fraction of sp³-hybridized carbons (Fsp3) is 0.267. The second-order valence-electron chi connectivity index (χ2n) is 4.84. The second-order valence-corrected chi connectivity index (χ2v) is 6.72. The summed E-state index contributed by atoms with van der Waals surface area (Å²) in [5, 5.41) is 10.3. The van der Waals surface area contributed by atoms with Crippen molar-refractivity contribution in [3.63, 3.8) is 0 Å². The number of halogens is 1. The average Bonchev–Trinajstić information content (AvgIpc) is 3.06. The Balaban J connectivity index is 1.58. The van der Waals surface area contributed by atoms with Crippen LogP contribution in [0.5, 0.6) is 0 Å². The molecule has 1 aromatic carbocycles. The summed E-state index contributed by atoms with van der Waals surface area (Å²) < 4.78 is 0. The van der Waals surface area contributed by atoms with Crippen LogP contribution in [0.4, 0.5) is 0 Å². The average molecular weight is 323 g/mol. The Morgan fingerprint density at radius 1 is 1.40 bits per heavy atom. The highest BCUT2D eigenvalue weighted by atomic mass is 35.5. The third-order valence-electron chi connectivity index (χ3n) is 3.49. The van der Waals surface area contributed by atoms with E-state index in [1.807, 2.05) is 6.07 Å². The first-order valence-corrected chi connectivity index (χ1v) is 8.24.